The summed E-state index contributed by atoms with van der Waals surface area (Å²) < 4.78 is 0. The molecule has 0 saturated heterocycles. The van der Waals surface area contributed by atoms with E-state index in [1.807, 2.05) is 0 Å². The molecule has 0 heteroatoms. The van der Waals surface area contributed by atoms with Crippen LogP contribution in [0.3, 0.4) is 0 Å². The van der Waals surface area contributed by atoms with Crippen LogP contribution in [0.5, 0.6) is 0 Å². The van der Waals surface area contributed by atoms with E-state index >= 15 is 0 Å². The second-order valence-corrected chi connectivity index (χ2v) is 9.57. The molecule has 3 aromatic carbocycles. The number of hydrogen-bond donors (Lipinski definition) is 0. The lowest BCUT2D eigenvalue weighted by atomic mass is 9.71. The fourth-order valence-electron chi connectivity index (χ4n) is 5.43. The van der Waals surface area contributed by atoms with Gasteiger partial charge in [0, 0.05) is 0 Å². The van der Waals surface area contributed by atoms with Crippen LogP contribution in [0.15, 0.2) is 42.5 Å². The fourth-order valence-corrected chi connectivity index (χ4v) is 5.43. The molecule has 0 heterocycles. The fraction of sp³-hybridized carbons (Fsp3) is 0.481. The van der Waals surface area contributed by atoms with E-state index in [9.17, 15) is 0 Å². The summed E-state index contributed by atoms with van der Waals surface area (Å²) in [5.74, 6) is 1.57. The van der Waals surface area contributed by atoms with Crippen molar-refractivity contribution in [2.45, 2.75) is 72.1 Å². The van der Waals surface area contributed by atoms with Crippen molar-refractivity contribution in [1.82, 2.24) is 0 Å². The Hall–Kier alpha value is -1.82. The third-order valence-corrected chi connectivity index (χ3v) is 7.38. The first-order chi connectivity index (χ1) is 12.9. The molecule has 1 aliphatic carbocycles. The minimum Gasteiger partial charge on any atom is -0.0628 e. The maximum Gasteiger partial charge on any atom is -0.00435 e. The van der Waals surface area contributed by atoms with Gasteiger partial charge in [0.05, 0.1) is 0 Å². The highest BCUT2D eigenvalue weighted by Gasteiger charge is 2.39. The van der Waals surface area contributed by atoms with Crippen LogP contribution in [0.4, 0.5) is 0 Å². The third-order valence-electron chi connectivity index (χ3n) is 7.38. The summed E-state index contributed by atoms with van der Waals surface area (Å²) in [7, 11) is 0. The third kappa shape index (κ3) is 3.08. The molecule has 1 aliphatic rings. The van der Waals surface area contributed by atoms with Crippen LogP contribution in [-0.2, 0) is 11.8 Å². The first-order valence-corrected chi connectivity index (χ1v) is 10.9. The minimum atomic E-state index is 0.335. The monoisotopic (exact) mass is 358 g/mol. The lowest BCUT2D eigenvalue weighted by molar-refractivity contribution is 0.283. The first kappa shape index (κ1) is 18.5. The maximum absolute atomic E-state index is 2.52. The zero-order valence-electron chi connectivity index (χ0n) is 17.7. The molecule has 0 bridgehead atoms. The molecule has 0 radical (unpaired) electrons. The number of benzene rings is 3. The van der Waals surface area contributed by atoms with Gasteiger partial charge in [0.2, 0.25) is 0 Å². The Kier molecular flexibility index (Phi) is 4.78. The van der Waals surface area contributed by atoms with Crippen molar-refractivity contribution >= 4 is 21.5 Å². The normalized spacial score (nSPS) is 20.5. The van der Waals surface area contributed by atoms with Gasteiger partial charge in [0.25, 0.3) is 0 Å². The van der Waals surface area contributed by atoms with E-state index in [2.05, 4.69) is 77.1 Å². The Labute approximate surface area is 165 Å². The number of aryl methyl sites for hydroxylation is 2. The zero-order chi connectivity index (χ0) is 19.2. The van der Waals surface area contributed by atoms with Gasteiger partial charge in [0.1, 0.15) is 0 Å². The van der Waals surface area contributed by atoms with Gasteiger partial charge >= 0.3 is 0 Å². The highest BCUT2D eigenvalue weighted by molar-refractivity contribution is 6.10. The number of fused-ring (bicyclic) bond motifs is 5. The molecule has 27 heavy (non-hydrogen) atoms. The summed E-state index contributed by atoms with van der Waals surface area (Å²) in [6.07, 6.45) is 6.60. The molecule has 0 nitrogen and oxygen atoms in total. The molecule has 0 spiro atoms. The summed E-state index contributed by atoms with van der Waals surface area (Å²) in [5.41, 5.74) is 4.97. The Balaban J connectivity index is 1.76. The second kappa shape index (κ2) is 6.97. The molecule has 0 fully saturated rings. The van der Waals surface area contributed by atoms with Gasteiger partial charge in [0.15, 0.2) is 0 Å². The van der Waals surface area contributed by atoms with Crippen molar-refractivity contribution in [2.75, 3.05) is 0 Å². The first-order valence-electron chi connectivity index (χ1n) is 10.9. The van der Waals surface area contributed by atoms with E-state index in [-0.39, 0.29) is 0 Å². The summed E-state index contributed by atoms with van der Waals surface area (Å²) in [6.45, 7) is 11.9. The van der Waals surface area contributed by atoms with E-state index in [1.165, 1.54) is 59.2 Å². The van der Waals surface area contributed by atoms with Gasteiger partial charge in [-0.2, -0.15) is 0 Å². The van der Waals surface area contributed by atoms with Crippen molar-refractivity contribution in [3.63, 3.8) is 0 Å². The van der Waals surface area contributed by atoms with Crippen molar-refractivity contribution in [2.24, 2.45) is 11.8 Å². The Morgan fingerprint density at radius 1 is 0.926 bits per heavy atom. The van der Waals surface area contributed by atoms with E-state index in [1.54, 1.807) is 11.1 Å². The number of rotatable bonds is 5. The minimum absolute atomic E-state index is 0.335. The molecule has 0 aromatic heterocycles. The Bertz CT molecular complexity index is 978. The van der Waals surface area contributed by atoms with Gasteiger partial charge < -0.3 is 0 Å². The average molecular weight is 359 g/mol. The van der Waals surface area contributed by atoms with E-state index in [0.29, 0.717) is 5.41 Å². The van der Waals surface area contributed by atoms with Crippen LogP contribution in [0.2, 0.25) is 0 Å². The summed E-state index contributed by atoms with van der Waals surface area (Å²) in [5, 5.41) is 5.75. The second-order valence-electron chi connectivity index (χ2n) is 9.57. The van der Waals surface area contributed by atoms with Crippen LogP contribution in [-0.4, -0.2) is 0 Å². The average Bonchev–Trinajstić information content (AvgIpc) is 2.99. The van der Waals surface area contributed by atoms with Crippen LogP contribution in [0.1, 0.15) is 70.1 Å². The summed E-state index contributed by atoms with van der Waals surface area (Å²) in [6, 6.07) is 16.2. The zero-order valence-corrected chi connectivity index (χ0v) is 17.7. The van der Waals surface area contributed by atoms with Gasteiger partial charge in [-0.05, 0) is 81.7 Å². The SMILES string of the molecule is Cc1cccc2ccc3c4c(ccc3c12)C(C)(C(C)CCCC(C)C)CC4. The quantitative estimate of drug-likeness (QED) is 0.406. The van der Waals surface area contributed by atoms with Crippen molar-refractivity contribution < 1.29 is 0 Å². The largest absolute Gasteiger partial charge is 0.0628 e. The molecule has 0 aliphatic heterocycles. The molecule has 0 saturated carbocycles. The summed E-state index contributed by atoms with van der Waals surface area (Å²) in [4.78, 5) is 0. The molecule has 2 unspecified atom stereocenters. The Morgan fingerprint density at radius 2 is 1.70 bits per heavy atom. The van der Waals surface area contributed by atoms with Gasteiger partial charge in [-0.15, -0.1) is 0 Å². The van der Waals surface area contributed by atoms with E-state index in [4.69, 9.17) is 0 Å². The van der Waals surface area contributed by atoms with Crippen LogP contribution < -0.4 is 0 Å². The topological polar surface area (TPSA) is 0 Å². The lowest BCUT2D eigenvalue weighted by Crippen LogP contribution is -2.27. The highest BCUT2D eigenvalue weighted by atomic mass is 14.4. The van der Waals surface area contributed by atoms with Crippen molar-refractivity contribution in [3.8, 4) is 0 Å². The van der Waals surface area contributed by atoms with Gasteiger partial charge in [-0.25, -0.2) is 0 Å². The molecule has 142 valence electrons. The van der Waals surface area contributed by atoms with Crippen LogP contribution in [0, 0.1) is 18.8 Å². The molecular formula is C27H34. The van der Waals surface area contributed by atoms with Gasteiger partial charge in [-0.1, -0.05) is 83.0 Å². The van der Waals surface area contributed by atoms with Crippen LogP contribution in [0.25, 0.3) is 21.5 Å². The Morgan fingerprint density at radius 3 is 2.48 bits per heavy atom. The van der Waals surface area contributed by atoms with Crippen LogP contribution >= 0.6 is 0 Å². The van der Waals surface area contributed by atoms with Crippen molar-refractivity contribution in [3.05, 3.63) is 59.2 Å². The standard InChI is InChI=1S/C27H34/c1-18(2)8-6-10-20(4)27(5)17-16-23-22-13-12-21-11-7-9-19(3)26(21)24(22)14-15-25(23)27/h7,9,11-15,18,20H,6,8,10,16-17H2,1-5H3. The van der Waals surface area contributed by atoms with E-state index < -0.39 is 0 Å². The lowest BCUT2D eigenvalue weighted by Gasteiger charge is -2.33. The smallest absolute Gasteiger partial charge is 0.00435 e. The molecule has 0 amide bonds. The molecule has 2 atom stereocenters. The van der Waals surface area contributed by atoms with Crippen molar-refractivity contribution in [1.29, 1.82) is 0 Å². The molecule has 3 aromatic rings. The predicted octanol–water partition coefficient (Wildman–Crippen LogP) is 7.97. The van der Waals surface area contributed by atoms with Gasteiger partial charge in [-0.3, -0.25) is 0 Å². The predicted molar refractivity (Wildman–Crippen MR) is 120 cm³/mol. The highest BCUT2D eigenvalue weighted by Crippen LogP contribution is 2.48. The number of hydrogen-bond acceptors (Lipinski definition) is 0. The maximum atomic E-state index is 2.52. The molecule has 0 N–H and O–H groups in total. The molecule has 4 rings (SSSR count). The molecular weight excluding hydrogens is 324 g/mol. The van der Waals surface area contributed by atoms with E-state index in [0.717, 1.165) is 11.8 Å². The summed E-state index contributed by atoms with van der Waals surface area (Å²) >= 11 is 0.